The molecule has 0 aliphatic carbocycles. The van der Waals surface area contributed by atoms with Crippen molar-refractivity contribution in [3.05, 3.63) is 29.7 Å². The third-order valence-corrected chi connectivity index (χ3v) is 4.51. The first-order valence-corrected chi connectivity index (χ1v) is 9.25. The van der Waals surface area contributed by atoms with Crippen molar-refractivity contribution in [1.82, 2.24) is 10.3 Å². The summed E-state index contributed by atoms with van der Waals surface area (Å²) in [6.45, 7) is 7.25. The first-order valence-electron chi connectivity index (χ1n) is 9.25. The molecule has 2 rings (SSSR count). The number of hydrogen-bond donors (Lipinski definition) is 1. The van der Waals surface area contributed by atoms with Crippen LogP contribution in [0.25, 0.3) is 11.1 Å². The van der Waals surface area contributed by atoms with Gasteiger partial charge in [0.05, 0.1) is 0 Å². The molecule has 0 bridgehead atoms. The summed E-state index contributed by atoms with van der Waals surface area (Å²) < 4.78 is 5.72. The maximum absolute atomic E-state index is 12.0. The number of amides is 1. The average Bonchev–Trinajstić information content (AvgIpc) is 2.96. The van der Waals surface area contributed by atoms with Gasteiger partial charge in [-0.25, -0.2) is 4.98 Å². The Morgan fingerprint density at radius 2 is 2.12 bits per heavy atom. The largest absolute Gasteiger partial charge is 0.441 e. The standard InChI is InChI=1S/C20H30N2O2/c1-4-6-8-16(5-2)14-21-19(23)9-7-10-20-22-17-13-15(3)11-12-18(17)24-20/h11-13,16H,4-10,14H2,1-3H3,(H,21,23)/t16-/m0/s1. The van der Waals surface area contributed by atoms with Gasteiger partial charge in [-0.05, 0) is 43.4 Å². The van der Waals surface area contributed by atoms with Gasteiger partial charge in [-0.15, -0.1) is 0 Å². The van der Waals surface area contributed by atoms with E-state index in [1.54, 1.807) is 0 Å². The Morgan fingerprint density at radius 3 is 2.88 bits per heavy atom. The molecule has 1 heterocycles. The minimum Gasteiger partial charge on any atom is -0.441 e. The number of carbonyl (C=O) groups excluding carboxylic acids is 1. The molecule has 0 unspecified atom stereocenters. The summed E-state index contributed by atoms with van der Waals surface area (Å²) in [6.07, 6.45) is 6.79. The smallest absolute Gasteiger partial charge is 0.220 e. The van der Waals surface area contributed by atoms with Gasteiger partial charge in [0.2, 0.25) is 5.91 Å². The molecule has 1 atom stereocenters. The molecule has 4 heteroatoms. The van der Waals surface area contributed by atoms with Crippen LogP contribution in [-0.4, -0.2) is 17.4 Å². The number of aryl methyl sites for hydroxylation is 2. The highest BCUT2D eigenvalue weighted by molar-refractivity contribution is 5.76. The Balaban J connectivity index is 1.71. The summed E-state index contributed by atoms with van der Waals surface area (Å²) in [5.41, 5.74) is 2.90. The first-order chi connectivity index (χ1) is 11.6. The van der Waals surface area contributed by atoms with Crippen molar-refractivity contribution in [3.63, 3.8) is 0 Å². The van der Waals surface area contributed by atoms with E-state index in [0.717, 1.165) is 36.4 Å². The molecule has 1 N–H and O–H groups in total. The fraction of sp³-hybridized carbons (Fsp3) is 0.600. The highest BCUT2D eigenvalue weighted by atomic mass is 16.3. The number of nitrogens with zero attached hydrogens (tertiary/aromatic N) is 1. The number of hydrogen-bond acceptors (Lipinski definition) is 3. The second-order valence-corrected chi connectivity index (χ2v) is 6.65. The van der Waals surface area contributed by atoms with Gasteiger partial charge in [-0.1, -0.05) is 39.2 Å². The maximum Gasteiger partial charge on any atom is 0.220 e. The SMILES string of the molecule is CCCC[C@H](CC)CNC(=O)CCCc1nc2cc(C)ccc2o1. The lowest BCUT2D eigenvalue weighted by Crippen LogP contribution is -2.29. The van der Waals surface area contributed by atoms with Crippen molar-refractivity contribution < 1.29 is 9.21 Å². The Bertz CT molecular complexity index is 648. The number of fused-ring (bicyclic) bond motifs is 1. The first kappa shape index (κ1) is 18.5. The molecule has 24 heavy (non-hydrogen) atoms. The van der Waals surface area contributed by atoms with Gasteiger partial charge in [-0.3, -0.25) is 4.79 Å². The third kappa shape index (κ3) is 5.66. The fourth-order valence-electron chi connectivity index (χ4n) is 2.88. The number of oxazole rings is 1. The van der Waals surface area contributed by atoms with E-state index in [-0.39, 0.29) is 5.91 Å². The van der Waals surface area contributed by atoms with Crippen LogP contribution in [0.5, 0.6) is 0 Å². The minimum atomic E-state index is 0.136. The van der Waals surface area contributed by atoms with Gasteiger partial charge in [0.25, 0.3) is 0 Å². The van der Waals surface area contributed by atoms with Crippen molar-refractivity contribution >= 4 is 17.0 Å². The van der Waals surface area contributed by atoms with E-state index in [0.29, 0.717) is 18.8 Å². The molecule has 2 aromatic rings. The number of nitrogens with one attached hydrogen (secondary N) is 1. The predicted octanol–water partition coefficient (Wildman–Crippen LogP) is 4.79. The molecule has 0 saturated carbocycles. The zero-order chi connectivity index (χ0) is 17.4. The van der Waals surface area contributed by atoms with E-state index in [4.69, 9.17) is 4.42 Å². The van der Waals surface area contributed by atoms with Gasteiger partial charge in [0.1, 0.15) is 5.52 Å². The lowest BCUT2D eigenvalue weighted by Gasteiger charge is -2.15. The fourth-order valence-corrected chi connectivity index (χ4v) is 2.88. The molecule has 132 valence electrons. The molecule has 1 aromatic heterocycles. The molecule has 1 amide bonds. The van der Waals surface area contributed by atoms with Crippen LogP contribution < -0.4 is 5.32 Å². The summed E-state index contributed by atoms with van der Waals surface area (Å²) in [7, 11) is 0. The van der Waals surface area contributed by atoms with Gasteiger partial charge in [0, 0.05) is 19.4 Å². The van der Waals surface area contributed by atoms with Crippen molar-refractivity contribution in [1.29, 1.82) is 0 Å². The molecule has 0 spiro atoms. The van der Waals surface area contributed by atoms with Crippen LogP contribution in [-0.2, 0) is 11.2 Å². The van der Waals surface area contributed by atoms with E-state index in [1.165, 1.54) is 24.8 Å². The molecule has 4 nitrogen and oxygen atoms in total. The van der Waals surface area contributed by atoms with E-state index in [9.17, 15) is 4.79 Å². The lowest BCUT2D eigenvalue weighted by molar-refractivity contribution is -0.121. The van der Waals surface area contributed by atoms with Crippen LogP contribution in [0.1, 0.15) is 63.8 Å². The number of benzene rings is 1. The van der Waals surface area contributed by atoms with Crippen LogP contribution in [0.4, 0.5) is 0 Å². The zero-order valence-electron chi connectivity index (χ0n) is 15.2. The number of rotatable bonds is 10. The Morgan fingerprint density at radius 1 is 1.29 bits per heavy atom. The van der Waals surface area contributed by atoms with Gasteiger partial charge < -0.3 is 9.73 Å². The summed E-state index contributed by atoms with van der Waals surface area (Å²) in [6, 6.07) is 6.00. The zero-order valence-corrected chi connectivity index (χ0v) is 15.2. The van der Waals surface area contributed by atoms with Crippen LogP contribution >= 0.6 is 0 Å². The van der Waals surface area contributed by atoms with Crippen molar-refractivity contribution in [2.24, 2.45) is 5.92 Å². The predicted molar refractivity (Wildman–Crippen MR) is 98.0 cm³/mol. The lowest BCUT2D eigenvalue weighted by atomic mass is 9.99. The summed E-state index contributed by atoms with van der Waals surface area (Å²) in [5.74, 6) is 1.46. The van der Waals surface area contributed by atoms with E-state index in [1.807, 2.05) is 25.1 Å². The summed E-state index contributed by atoms with van der Waals surface area (Å²) >= 11 is 0. The molecule has 1 aromatic carbocycles. The van der Waals surface area contributed by atoms with Crippen molar-refractivity contribution in [3.8, 4) is 0 Å². The number of carbonyl (C=O) groups is 1. The topological polar surface area (TPSA) is 55.1 Å². The monoisotopic (exact) mass is 330 g/mol. The van der Waals surface area contributed by atoms with E-state index >= 15 is 0 Å². The van der Waals surface area contributed by atoms with Crippen LogP contribution in [0, 0.1) is 12.8 Å². The van der Waals surface area contributed by atoms with Crippen molar-refractivity contribution in [2.75, 3.05) is 6.54 Å². The van der Waals surface area contributed by atoms with Crippen molar-refractivity contribution in [2.45, 2.75) is 65.7 Å². The van der Waals surface area contributed by atoms with E-state index < -0.39 is 0 Å². The molecule has 0 aliphatic heterocycles. The van der Waals surface area contributed by atoms with Gasteiger partial charge >= 0.3 is 0 Å². The van der Waals surface area contributed by atoms with Crippen LogP contribution in [0.3, 0.4) is 0 Å². The second-order valence-electron chi connectivity index (χ2n) is 6.65. The average molecular weight is 330 g/mol. The Hall–Kier alpha value is -1.84. The minimum absolute atomic E-state index is 0.136. The Labute approximate surface area is 145 Å². The third-order valence-electron chi connectivity index (χ3n) is 4.51. The molecule has 0 radical (unpaired) electrons. The molecule has 0 fully saturated rings. The Kier molecular flexibility index (Phi) is 7.29. The highest BCUT2D eigenvalue weighted by Gasteiger charge is 2.10. The van der Waals surface area contributed by atoms with Crippen LogP contribution in [0.2, 0.25) is 0 Å². The molecular formula is C20H30N2O2. The maximum atomic E-state index is 12.0. The van der Waals surface area contributed by atoms with Gasteiger partial charge in [-0.2, -0.15) is 0 Å². The second kappa shape index (κ2) is 9.45. The highest BCUT2D eigenvalue weighted by Crippen LogP contribution is 2.18. The van der Waals surface area contributed by atoms with Crippen LogP contribution in [0.15, 0.2) is 22.6 Å². The summed E-state index contributed by atoms with van der Waals surface area (Å²) in [4.78, 5) is 16.5. The quantitative estimate of drug-likeness (QED) is 0.681. The van der Waals surface area contributed by atoms with E-state index in [2.05, 4.69) is 24.1 Å². The normalized spacial score (nSPS) is 12.5. The molecule has 0 saturated heterocycles. The number of aromatic nitrogens is 1. The number of unbranched alkanes of at least 4 members (excludes halogenated alkanes) is 1. The molecule has 0 aliphatic rings. The summed E-state index contributed by atoms with van der Waals surface area (Å²) in [5, 5.41) is 3.07. The van der Waals surface area contributed by atoms with Gasteiger partial charge in [0.15, 0.2) is 11.5 Å². The molecular weight excluding hydrogens is 300 g/mol.